The monoisotopic (exact) mass is 481 g/mol. The second-order valence-electron chi connectivity index (χ2n) is 8.17. The molecule has 170 valence electrons. The second kappa shape index (κ2) is 8.55. The van der Waals surface area contributed by atoms with Crippen LogP contribution >= 0.6 is 22.7 Å². The minimum absolute atomic E-state index is 0.00738. The summed E-state index contributed by atoms with van der Waals surface area (Å²) in [6.07, 6.45) is -3.48. The quantitative estimate of drug-likeness (QED) is 0.391. The molecule has 1 aliphatic rings. The van der Waals surface area contributed by atoms with Gasteiger partial charge in [0, 0.05) is 37.6 Å². The summed E-state index contributed by atoms with van der Waals surface area (Å²) in [6, 6.07) is 19.5. The summed E-state index contributed by atoms with van der Waals surface area (Å²) in [5.41, 5.74) is -2.45. The SMILES string of the molecule is O=C([O-])[C@@]1(O)C[C@@H](O)[C@H](O)C(OCc2cc3ccccc3s2)=C1Cc1cc2ccccc2s1. The van der Waals surface area contributed by atoms with E-state index in [1.54, 1.807) is 0 Å². The van der Waals surface area contributed by atoms with Gasteiger partial charge in [0.2, 0.25) is 0 Å². The van der Waals surface area contributed by atoms with Gasteiger partial charge in [-0.3, -0.25) is 0 Å². The number of ether oxygens (including phenoxy) is 1. The predicted octanol–water partition coefficient (Wildman–Crippen LogP) is 2.74. The van der Waals surface area contributed by atoms with Crippen molar-refractivity contribution in [1.82, 2.24) is 0 Å². The number of carbonyl (C=O) groups excluding carboxylic acids is 1. The maximum atomic E-state index is 12.0. The third-order valence-corrected chi connectivity index (χ3v) is 8.15. The van der Waals surface area contributed by atoms with Gasteiger partial charge >= 0.3 is 0 Å². The number of thiophene rings is 2. The van der Waals surface area contributed by atoms with E-state index in [1.807, 2.05) is 60.7 Å². The molecular formula is C25H21O6S2-. The van der Waals surface area contributed by atoms with Crippen molar-refractivity contribution in [2.24, 2.45) is 0 Å². The van der Waals surface area contributed by atoms with Crippen LogP contribution in [0.3, 0.4) is 0 Å². The lowest BCUT2D eigenvalue weighted by Gasteiger charge is -2.41. The molecule has 2 heterocycles. The summed E-state index contributed by atoms with van der Waals surface area (Å²) in [7, 11) is 0. The van der Waals surface area contributed by atoms with Gasteiger partial charge in [-0.25, -0.2) is 0 Å². The lowest BCUT2D eigenvalue weighted by atomic mass is 9.77. The van der Waals surface area contributed by atoms with Crippen LogP contribution in [0.4, 0.5) is 0 Å². The van der Waals surface area contributed by atoms with E-state index < -0.39 is 30.2 Å². The maximum absolute atomic E-state index is 12.0. The first-order valence-electron chi connectivity index (χ1n) is 10.5. The first kappa shape index (κ1) is 22.1. The molecule has 5 rings (SSSR count). The third kappa shape index (κ3) is 4.05. The Morgan fingerprint density at radius 1 is 1.00 bits per heavy atom. The molecule has 33 heavy (non-hydrogen) atoms. The molecule has 0 bridgehead atoms. The van der Waals surface area contributed by atoms with Gasteiger partial charge in [0.25, 0.3) is 0 Å². The van der Waals surface area contributed by atoms with Crippen LogP contribution in [0.15, 0.2) is 72.0 Å². The summed E-state index contributed by atoms with van der Waals surface area (Å²) < 4.78 is 8.02. The number of carboxylic acid groups (broad SMARTS) is 1. The lowest BCUT2D eigenvalue weighted by Crippen LogP contribution is -2.57. The van der Waals surface area contributed by atoms with Crippen LogP contribution in [0, 0.1) is 0 Å². The Labute approximate surface area is 197 Å². The van der Waals surface area contributed by atoms with Gasteiger partial charge < -0.3 is 30.0 Å². The maximum Gasteiger partial charge on any atom is 0.137 e. The van der Waals surface area contributed by atoms with Crippen molar-refractivity contribution in [3.05, 3.63) is 81.8 Å². The number of carboxylic acids is 1. The summed E-state index contributed by atoms with van der Waals surface area (Å²) in [4.78, 5) is 13.7. The Bertz CT molecular complexity index is 1300. The minimum atomic E-state index is -2.45. The third-order valence-electron chi connectivity index (χ3n) is 5.95. The number of aliphatic hydroxyl groups is 3. The Morgan fingerprint density at radius 2 is 1.58 bits per heavy atom. The topological polar surface area (TPSA) is 110 Å². The van der Waals surface area contributed by atoms with Crippen LogP contribution in [0.25, 0.3) is 20.2 Å². The number of carbonyl (C=O) groups is 1. The fourth-order valence-corrected chi connectivity index (χ4v) is 6.32. The van der Waals surface area contributed by atoms with Crippen molar-refractivity contribution in [3.8, 4) is 0 Å². The van der Waals surface area contributed by atoms with Gasteiger partial charge in [-0.15, -0.1) is 22.7 Å². The van der Waals surface area contributed by atoms with E-state index >= 15 is 0 Å². The van der Waals surface area contributed by atoms with Gasteiger partial charge in [-0.05, 0) is 35.0 Å². The summed E-state index contributed by atoms with van der Waals surface area (Å²) in [5, 5.41) is 46.1. The van der Waals surface area contributed by atoms with Gasteiger partial charge in [0.1, 0.15) is 24.1 Å². The van der Waals surface area contributed by atoms with Crippen LogP contribution in [-0.4, -0.2) is 39.1 Å². The zero-order chi connectivity index (χ0) is 23.2. The predicted molar refractivity (Wildman–Crippen MR) is 126 cm³/mol. The van der Waals surface area contributed by atoms with Crippen LogP contribution in [0.5, 0.6) is 0 Å². The van der Waals surface area contributed by atoms with Gasteiger partial charge in [-0.1, -0.05) is 36.4 Å². The molecule has 0 amide bonds. The van der Waals surface area contributed by atoms with E-state index in [0.717, 1.165) is 29.9 Å². The highest BCUT2D eigenvalue weighted by molar-refractivity contribution is 7.19. The number of rotatable bonds is 6. The molecule has 4 aromatic rings. The molecule has 6 nitrogen and oxygen atoms in total. The number of fused-ring (bicyclic) bond motifs is 2. The molecule has 0 unspecified atom stereocenters. The first-order valence-corrected chi connectivity index (χ1v) is 12.1. The first-order chi connectivity index (χ1) is 15.8. The molecule has 0 spiro atoms. The highest BCUT2D eigenvalue weighted by Crippen LogP contribution is 2.39. The van der Waals surface area contributed by atoms with Crippen LogP contribution in [-0.2, 0) is 22.6 Å². The van der Waals surface area contributed by atoms with Gasteiger partial charge in [0.05, 0.1) is 12.1 Å². The molecule has 3 N–H and O–H groups in total. The van der Waals surface area contributed by atoms with Crippen molar-refractivity contribution < 1.29 is 30.0 Å². The molecule has 1 aliphatic carbocycles. The molecule has 3 atom stereocenters. The van der Waals surface area contributed by atoms with E-state index in [4.69, 9.17) is 4.74 Å². The smallest absolute Gasteiger partial charge is 0.137 e. The van der Waals surface area contributed by atoms with E-state index in [0.29, 0.717) is 0 Å². The van der Waals surface area contributed by atoms with Gasteiger partial charge in [-0.2, -0.15) is 0 Å². The fraction of sp³-hybridized carbons (Fsp3) is 0.240. The van der Waals surface area contributed by atoms with Crippen LogP contribution < -0.4 is 5.11 Å². The molecule has 0 saturated heterocycles. The van der Waals surface area contributed by atoms with E-state index in [9.17, 15) is 25.2 Å². The number of aliphatic carboxylic acids is 1. The Kier molecular flexibility index (Phi) is 5.72. The Morgan fingerprint density at radius 3 is 2.18 bits per heavy atom. The molecule has 0 aliphatic heterocycles. The fourth-order valence-electron chi connectivity index (χ4n) is 4.26. The van der Waals surface area contributed by atoms with Crippen LogP contribution in [0.2, 0.25) is 0 Å². The molecule has 0 fully saturated rings. The average molecular weight is 482 g/mol. The minimum Gasteiger partial charge on any atom is -0.547 e. The zero-order valence-electron chi connectivity index (χ0n) is 17.4. The summed E-state index contributed by atoms with van der Waals surface area (Å²) >= 11 is 2.99. The van der Waals surface area contributed by atoms with Crippen molar-refractivity contribution >= 4 is 48.8 Å². The van der Waals surface area contributed by atoms with Crippen LogP contribution in [0.1, 0.15) is 16.2 Å². The number of aliphatic hydroxyl groups excluding tert-OH is 2. The highest BCUT2D eigenvalue weighted by Gasteiger charge is 2.47. The van der Waals surface area contributed by atoms with Crippen molar-refractivity contribution in [1.29, 1.82) is 0 Å². The molecule has 0 radical (unpaired) electrons. The standard InChI is InChI=1S/C25H22O6S2/c26-19-12-25(30,24(28)29)18(11-16-9-14-5-1-3-7-20(14)32-16)23(22(19)27)31-13-17-10-15-6-2-4-8-21(15)33-17/h1-10,19,22,26-27,30H,11-13H2,(H,28,29)/p-1/t19-,22+,25-/m1/s1. The second-order valence-corrected chi connectivity index (χ2v) is 10.5. The highest BCUT2D eigenvalue weighted by atomic mass is 32.1. The van der Waals surface area contributed by atoms with Crippen molar-refractivity contribution in [2.45, 2.75) is 37.3 Å². The molecular weight excluding hydrogens is 460 g/mol. The number of benzene rings is 2. The lowest BCUT2D eigenvalue weighted by molar-refractivity contribution is -0.324. The molecule has 8 heteroatoms. The molecule has 2 aromatic carbocycles. The van der Waals surface area contributed by atoms with Gasteiger partial charge in [0.15, 0.2) is 0 Å². The zero-order valence-corrected chi connectivity index (χ0v) is 19.1. The normalized spacial score (nSPS) is 23.4. The summed E-state index contributed by atoms with van der Waals surface area (Å²) in [6.45, 7) is 0.0670. The largest absolute Gasteiger partial charge is 0.547 e. The van der Waals surface area contributed by atoms with E-state index in [1.165, 1.54) is 22.7 Å². The molecule has 2 aromatic heterocycles. The Hall–Kier alpha value is -2.75. The van der Waals surface area contributed by atoms with E-state index in [2.05, 4.69) is 0 Å². The average Bonchev–Trinajstić information content (AvgIpc) is 3.40. The number of hydrogen-bond acceptors (Lipinski definition) is 8. The molecule has 0 saturated carbocycles. The summed E-state index contributed by atoms with van der Waals surface area (Å²) in [5.74, 6) is -1.84. The van der Waals surface area contributed by atoms with E-state index in [-0.39, 0.29) is 24.4 Å². The Balaban J connectivity index is 1.54. The van der Waals surface area contributed by atoms with Crippen molar-refractivity contribution in [2.75, 3.05) is 0 Å². The van der Waals surface area contributed by atoms with Crippen molar-refractivity contribution in [3.63, 3.8) is 0 Å². The number of hydrogen-bond donors (Lipinski definition) is 3.